The molecule has 0 bridgehead atoms. The van der Waals surface area contributed by atoms with Gasteiger partial charge in [-0.3, -0.25) is 4.79 Å². The first-order valence-corrected chi connectivity index (χ1v) is 8.72. The minimum atomic E-state index is -0.925. The fourth-order valence-corrected chi connectivity index (χ4v) is 2.82. The highest BCUT2D eigenvalue weighted by Crippen LogP contribution is 2.22. The molecule has 0 fully saturated rings. The second-order valence-corrected chi connectivity index (χ2v) is 6.38. The van der Waals surface area contributed by atoms with E-state index in [1.807, 2.05) is 24.3 Å². The molecule has 1 aliphatic rings. The molecule has 0 saturated heterocycles. The van der Waals surface area contributed by atoms with Gasteiger partial charge in [0.2, 0.25) is 0 Å². The van der Waals surface area contributed by atoms with Crippen molar-refractivity contribution in [2.75, 3.05) is 6.54 Å². The van der Waals surface area contributed by atoms with Crippen molar-refractivity contribution in [2.45, 2.75) is 63.9 Å². The van der Waals surface area contributed by atoms with Gasteiger partial charge in [-0.1, -0.05) is 37.8 Å². The molecule has 2 N–H and O–H groups in total. The standard InChI is InChI=1S/C20H27NO2.BrH/c1-2-3-15-21-19(22)18-11-9-17(10-12-18)16-20(23)13-7-5-4-6-8-14-20;/h9-12,23H,2-7,13,15-16H2,1H3,(H,21,22);1H/p-1. The monoisotopic (exact) mass is 392 g/mol. The van der Waals surface area contributed by atoms with Crippen molar-refractivity contribution < 1.29 is 26.9 Å². The van der Waals surface area contributed by atoms with Gasteiger partial charge in [0.15, 0.2) is 0 Å². The van der Waals surface area contributed by atoms with Gasteiger partial charge in [0.25, 0.3) is 5.91 Å². The Labute approximate surface area is 156 Å². The number of benzene rings is 1. The maximum absolute atomic E-state index is 12.0. The average Bonchev–Trinajstić information content (AvgIpc) is 2.52. The van der Waals surface area contributed by atoms with Crippen molar-refractivity contribution in [1.29, 1.82) is 0 Å². The maximum Gasteiger partial charge on any atom is 0.251 e. The van der Waals surface area contributed by atoms with Gasteiger partial charge >= 0.3 is 0 Å². The summed E-state index contributed by atoms with van der Waals surface area (Å²) in [5, 5.41) is 13.6. The molecular weight excluding hydrogens is 366 g/mol. The molecule has 1 unspecified atom stereocenters. The van der Waals surface area contributed by atoms with Gasteiger partial charge in [-0.05, 0) is 43.4 Å². The minimum Gasteiger partial charge on any atom is -1.00 e. The van der Waals surface area contributed by atoms with Crippen LogP contribution in [0.1, 0.15) is 67.8 Å². The van der Waals surface area contributed by atoms with Crippen LogP contribution in [0.2, 0.25) is 0 Å². The van der Waals surface area contributed by atoms with Gasteiger partial charge in [0.05, 0.1) is 0 Å². The fraction of sp³-hybridized carbons (Fsp3) is 0.550. The lowest BCUT2D eigenvalue weighted by Gasteiger charge is -2.23. The first-order chi connectivity index (χ1) is 11.1. The van der Waals surface area contributed by atoms with Gasteiger partial charge in [-0.2, -0.15) is 0 Å². The molecule has 4 heteroatoms. The summed E-state index contributed by atoms with van der Waals surface area (Å²) in [7, 11) is 0. The zero-order valence-electron chi connectivity index (χ0n) is 14.4. The number of hydrogen-bond donors (Lipinski definition) is 2. The van der Waals surface area contributed by atoms with Gasteiger partial charge in [-0.25, -0.2) is 0 Å². The highest BCUT2D eigenvalue weighted by molar-refractivity contribution is 5.94. The molecule has 0 aromatic heterocycles. The Morgan fingerprint density at radius 2 is 2.00 bits per heavy atom. The van der Waals surface area contributed by atoms with Gasteiger partial charge in [0, 0.05) is 24.9 Å². The Hall–Kier alpha value is -1.31. The third kappa shape index (κ3) is 6.67. The Bertz CT molecular complexity index is 574. The summed E-state index contributed by atoms with van der Waals surface area (Å²) in [6, 6.07) is 7.51. The quantitative estimate of drug-likeness (QED) is 0.545. The first kappa shape index (κ1) is 20.7. The van der Waals surface area contributed by atoms with Crippen molar-refractivity contribution in [2.24, 2.45) is 0 Å². The third-order valence-corrected chi connectivity index (χ3v) is 4.24. The fourth-order valence-electron chi connectivity index (χ4n) is 2.82. The van der Waals surface area contributed by atoms with Crippen LogP contribution in [0.25, 0.3) is 0 Å². The molecule has 1 aliphatic carbocycles. The number of halogens is 1. The summed E-state index contributed by atoms with van der Waals surface area (Å²) in [5.74, 6) is 6.10. The van der Waals surface area contributed by atoms with E-state index in [9.17, 15) is 9.90 Å². The molecule has 0 heterocycles. The summed E-state index contributed by atoms with van der Waals surface area (Å²) >= 11 is 0. The van der Waals surface area contributed by atoms with E-state index in [1.54, 1.807) is 0 Å². The molecular formula is C20H27BrNO2-. The van der Waals surface area contributed by atoms with Crippen molar-refractivity contribution in [3.8, 4) is 11.8 Å². The van der Waals surface area contributed by atoms with Gasteiger partial charge in [0.1, 0.15) is 5.60 Å². The van der Waals surface area contributed by atoms with Gasteiger partial charge < -0.3 is 27.4 Å². The SMILES string of the molecule is CCCCNC(=O)c1ccc(CC2(O)C#CCCCCC2)cc1.[Br-]. The van der Waals surface area contributed by atoms with Crippen LogP contribution in [0.4, 0.5) is 0 Å². The predicted molar refractivity (Wildman–Crippen MR) is 93.2 cm³/mol. The molecule has 1 aromatic rings. The molecule has 132 valence electrons. The molecule has 1 atom stereocenters. The Kier molecular flexibility index (Phi) is 9.10. The van der Waals surface area contributed by atoms with Crippen LogP contribution in [0.5, 0.6) is 0 Å². The number of unbranched alkanes of at least 4 members (excludes halogenated alkanes) is 1. The summed E-state index contributed by atoms with van der Waals surface area (Å²) in [6.45, 7) is 2.82. The summed E-state index contributed by atoms with van der Waals surface area (Å²) in [4.78, 5) is 12.0. The highest BCUT2D eigenvalue weighted by atomic mass is 79.9. The summed E-state index contributed by atoms with van der Waals surface area (Å²) in [6.07, 6.45) is 7.46. The Morgan fingerprint density at radius 3 is 2.71 bits per heavy atom. The normalized spacial score (nSPS) is 19.9. The van der Waals surface area contributed by atoms with E-state index in [2.05, 4.69) is 24.1 Å². The minimum absolute atomic E-state index is 0. The van der Waals surface area contributed by atoms with Crippen LogP contribution < -0.4 is 22.3 Å². The number of carbonyl (C=O) groups excluding carboxylic acids is 1. The van der Waals surface area contributed by atoms with Crippen LogP contribution in [0.3, 0.4) is 0 Å². The maximum atomic E-state index is 12.0. The van der Waals surface area contributed by atoms with Crippen LogP contribution in [0.15, 0.2) is 24.3 Å². The molecule has 0 spiro atoms. The zero-order chi connectivity index (χ0) is 16.5. The van der Waals surface area contributed by atoms with Crippen molar-refractivity contribution in [3.63, 3.8) is 0 Å². The van der Waals surface area contributed by atoms with E-state index in [-0.39, 0.29) is 22.9 Å². The summed E-state index contributed by atoms with van der Waals surface area (Å²) < 4.78 is 0. The lowest BCUT2D eigenvalue weighted by atomic mass is 9.88. The van der Waals surface area contributed by atoms with E-state index in [1.165, 1.54) is 0 Å². The molecule has 24 heavy (non-hydrogen) atoms. The number of amides is 1. The number of aliphatic hydroxyl groups is 1. The van der Waals surface area contributed by atoms with Crippen molar-refractivity contribution in [3.05, 3.63) is 35.4 Å². The van der Waals surface area contributed by atoms with Gasteiger partial charge in [-0.15, -0.1) is 5.92 Å². The van der Waals surface area contributed by atoms with E-state index in [0.717, 1.165) is 50.5 Å². The summed E-state index contributed by atoms with van der Waals surface area (Å²) in [5.41, 5.74) is 0.763. The van der Waals surface area contributed by atoms with E-state index < -0.39 is 5.60 Å². The second kappa shape index (κ2) is 10.5. The topological polar surface area (TPSA) is 49.3 Å². The molecule has 3 nitrogen and oxygen atoms in total. The second-order valence-electron chi connectivity index (χ2n) is 6.38. The molecule has 0 radical (unpaired) electrons. The Balaban J connectivity index is 0.00000288. The first-order valence-electron chi connectivity index (χ1n) is 8.72. The zero-order valence-corrected chi connectivity index (χ0v) is 16.0. The molecule has 2 rings (SSSR count). The van der Waals surface area contributed by atoms with E-state index in [0.29, 0.717) is 18.5 Å². The van der Waals surface area contributed by atoms with Crippen LogP contribution in [0, 0.1) is 11.8 Å². The van der Waals surface area contributed by atoms with Crippen LogP contribution >= 0.6 is 0 Å². The van der Waals surface area contributed by atoms with E-state index in [4.69, 9.17) is 0 Å². The number of nitrogens with one attached hydrogen (secondary N) is 1. The molecule has 0 aliphatic heterocycles. The number of carbonyl (C=O) groups is 1. The predicted octanol–water partition coefficient (Wildman–Crippen LogP) is 0.462. The number of rotatable bonds is 6. The average molecular weight is 393 g/mol. The largest absolute Gasteiger partial charge is 1.00 e. The molecule has 1 aromatic carbocycles. The van der Waals surface area contributed by atoms with Crippen LogP contribution in [-0.4, -0.2) is 23.2 Å². The third-order valence-electron chi connectivity index (χ3n) is 4.24. The van der Waals surface area contributed by atoms with E-state index >= 15 is 0 Å². The van der Waals surface area contributed by atoms with Crippen LogP contribution in [-0.2, 0) is 6.42 Å². The lowest BCUT2D eigenvalue weighted by Crippen LogP contribution is -3.00. The molecule has 1 amide bonds. The highest BCUT2D eigenvalue weighted by Gasteiger charge is 2.25. The smallest absolute Gasteiger partial charge is 0.251 e. The molecule has 0 saturated carbocycles. The Morgan fingerprint density at radius 1 is 1.25 bits per heavy atom. The van der Waals surface area contributed by atoms with Crippen molar-refractivity contribution >= 4 is 5.91 Å². The van der Waals surface area contributed by atoms with Crippen molar-refractivity contribution in [1.82, 2.24) is 5.32 Å². The lowest BCUT2D eigenvalue weighted by molar-refractivity contribution is -0.0000187. The number of hydrogen-bond acceptors (Lipinski definition) is 2.